The Labute approximate surface area is 257 Å². The molecule has 0 bridgehead atoms. The minimum atomic E-state index is -3.60. The molecule has 1 unspecified atom stereocenters. The van der Waals surface area contributed by atoms with Gasteiger partial charge in [0, 0.05) is 44.9 Å². The highest BCUT2D eigenvalue weighted by Gasteiger charge is 2.30. The summed E-state index contributed by atoms with van der Waals surface area (Å²) in [5.74, 6) is 2.60. The maximum Gasteiger partial charge on any atom is 0.411 e. The maximum atomic E-state index is 13.2. The SMILES string of the molecule is C#CCN(C(=O)OCc1ccc([N+](=O)[O-])cc1)C1CCN(CCC(CN(C)S(=O)(=O)c2ccccc2)c2ccsc2)CC1. The van der Waals surface area contributed by atoms with Gasteiger partial charge >= 0.3 is 6.09 Å². The molecule has 1 aliphatic heterocycles. The fourth-order valence-corrected chi connectivity index (χ4v) is 7.21. The third-order valence-electron chi connectivity index (χ3n) is 7.74. The number of nitro groups is 1. The molecule has 1 atom stereocenters. The molecule has 0 radical (unpaired) electrons. The fraction of sp³-hybridized carbons (Fsp3) is 0.387. The molecular weight excluding hydrogens is 588 g/mol. The molecule has 1 amide bonds. The van der Waals surface area contributed by atoms with E-state index >= 15 is 0 Å². The van der Waals surface area contributed by atoms with Crippen molar-refractivity contribution in [3.63, 3.8) is 0 Å². The summed E-state index contributed by atoms with van der Waals surface area (Å²) >= 11 is 1.60. The van der Waals surface area contributed by atoms with Gasteiger partial charge < -0.3 is 9.64 Å². The van der Waals surface area contributed by atoms with Crippen molar-refractivity contribution in [2.75, 3.05) is 39.8 Å². The number of benzene rings is 2. The molecule has 0 N–H and O–H groups in total. The Morgan fingerprint density at radius 1 is 1.16 bits per heavy atom. The zero-order valence-corrected chi connectivity index (χ0v) is 25.7. The van der Waals surface area contributed by atoms with Gasteiger partial charge in [0.15, 0.2) is 0 Å². The van der Waals surface area contributed by atoms with Crippen LogP contribution in [0.25, 0.3) is 0 Å². The summed E-state index contributed by atoms with van der Waals surface area (Å²) in [5, 5.41) is 15.0. The van der Waals surface area contributed by atoms with E-state index in [1.165, 1.54) is 16.4 Å². The van der Waals surface area contributed by atoms with E-state index in [0.29, 0.717) is 12.1 Å². The first-order valence-electron chi connectivity index (χ1n) is 14.0. The second-order valence-electron chi connectivity index (χ2n) is 10.5. The molecule has 1 aliphatic rings. The minimum absolute atomic E-state index is 0.00481. The standard InChI is InChI=1S/C31H36N4O6S2/c1-3-17-34(31(36)41-23-25-9-11-29(12-10-25)35(37)38)28-14-19-33(20-15-28)18-13-26(27-16-21-42-24-27)22-32(2)43(39,40)30-7-5-4-6-8-30/h1,4-12,16,21,24,26,28H,13-15,17-20,22-23H2,2H3. The molecule has 1 saturated heterocycles. The van der Waals surface area contributed by atoms with Gasteiger partial charge in [-0.05, 0) is 83.9 Å². The zero-order valence-electron chi connectivity index (χ0n) is 24.1. The summed E-state index contributed by atoms with van der Waals surface area (Å²) in [5.41, 5.74) is 1.75. The first-order valence-corrected chi connectivity index (χ1v) is 16.4. The van der Waals surface area contributed by atoms with Crippen LogP contribution >= 0.6 is 11.3 Å². The number of nitrogens with zero attached hydrogens (tertiary/aromatic N) is 4. The molecule has 2 heterocycles. The number of ether oxygens (including phenoxy) is 1. The summed E-state index contributed by atoms with van der Waals surface area (Å²) in [7, 11) is -1.96. The van der Waals surface area contributed by atoms with Crippen LogP contribution in [0.4, 0.5) is 10.5 Å². The molecular formula is C31H36N4O6S2. The van der Waals surface area contributed by atoms with Crippen LogP contribution in [0.2, 0.25) is 0 Å². The number of hydrogen-bond donors (Lipinski definition) is 0. The van der Waals surface area contributed by atoms with Crippen LogP contribution in [0.15, 0.2) is 76.3 Å². The zero-order chi connectivity index (χ0) is 30.8. The molecule has 43 heavy (non-hydrogen) atoms. The highest BCUT2D eigenvalue weighted by atomic mass is 32.2. The molecule has 1 fully saturated rings. The van der Waals surface area contributed by atoms with Gasteiger partial charge in [-0.1, -0.05) is 24.1 Å². The average molecular weight is 625 g/mol. The molecule has 0 saturated carbocycles. The van der Waals surface area contributed by atoms with Crippen molar-refractivity contribution in [1.82, 2.24) is 14.1 Å². The Bertz CT molecular complexity index is 1480. The summed E-state index contributed by atoms with van der Waals surface area (Å²) < 4.78 is 33.2. The molecule has 2 aromatic carbocycles. The number of sulfonamides is 1. The first kappa shape index (κ1) is 32.2. The largest absolute Gasteiger partial charge is 0.445 e. The lowest BCUT2D eigenvalue weighted by molar-refractivity contribution is -0.384. The van der Waals surface area contributed by atoms with Crippen molar-refractivity contribution >= 4 is 33.1 Å². The lowest BCUT2D eigenvalue weighted by atomic mass is 9.97. The van der Waals surface area contributed by atoms with E-state index in [4.69, 9.17) is 11.2 Å². The van der Waals surface area contributed by atoms with Gasteiger partial charge in [0.1, 0.15) is 6.61 Å². The van der Waals surface area contributed by atoms with Crippen LogP contribution in [0.1, 0.15) is 36.3 Å². The molecule has 228 valence electrons. The number of amides is 1. The topological polar surface area (TPSA) is 113 Å². The number of likely N-dealkylation sites (N-methyl/N-ethyl adjacent to an activating group) is 1. The number of hydrogen-bond acceptors (Lipinski definition) is 8. The number of terminal acetylenes is 1. The van der Waals surface area contributed by atoms with E-state index in [9.17, 15) is 23.3 Å². The number of non-ortho nitro benzene ring substituents is 1. The summed E-state index contributed by atoms with van der Waals surface area (Å²) in [6.45, 7) is 2.85. The van der Waals surface area contributed by atoms with Crippen molar-refractivity contribution in [3.8, 4) is 12.3 Å². The molecule has 0 aliphatic carbocycles. The quantitative estimate of drug-likeness (QED) is 0.146. The van der Waals surface area contributed by atoms with Crippen LogP contribution in [0.3, 0.4) is 0 Å². The normalized spacial score (nSPS) is 15.1. The minimum Gasteiger partial charge on any atom is -0.445 e. The van der Waals surface area contributed by atoms with Crippen molar-refractivity contribution in [1.29, 1.82) is 0 Å². The van der Waals surface area contributed by atoms with Crippen molar-refractivity contribution in [3.05, 3.63) is 92.7 Å². The molecule has 10 nitrogen and oxygen atoms in total. The van der Waals surface area contributed by atoms with Gasteiger partial charge in [-0.25, -0.2) is 17.5 Å². The lowest BCUT2D eigenvalue weighted by Gasteiger charge is -2.37. The Morgan fingerprint density at radius 3 is 2.47 bits per heavy atom. The van der Waals surface area contributed by atoms with E-state index in [1.54, 1.807) is 65.7 Å². The molecule has 0 spiro atoms. The number of likely N-dealkylation sites (tertiary alicyclic amines) is 1. The van der Waals surface area contributed by atoms with Crippen LogP contribution < -0.4 is 0 Å². The Hall–Kier alpha value is -3.76. The van der Waals surface area contributed by atoms with Gasteiger partial charge in [0.25, 0.3) is 5.69 Å². The van der Waals surface area contributed by atoms with Gasteiger partial charge in [-0.3, -0.25) is 15.0 Å². The van der Waals surface area contributed by atoms with Crippen LogP contribution in [0, 0.1) is 22.5 Å². The average Bonchev–Trinajstić information content (AvgIpc) is 3.56. The summed E-state index contributed by atoms with van der Waals surface area (Å²) in [4.78, 5) is 27.5. The van der Waals surface area contributed by atoms with Crippen molar-refractivity contribution in [2.45, 2.75) is 42.7 Å². The monoisotopic (exact) mass is 624 g/mol. The van der Waals surface area contributed by atoms with E-state index < -0.39 is 21.0 Å². The summed E-state index contributed by atoms with van der Waals surface area (Å²) in [6, 6.07) is 16.4. The first-order chi connectivity index (χ1) is 20.7. The third kappa shape index (κ3) is 8.64. The molecule has 1 aromatic heterocycles. The van der Waals surface area contributed by atoms with Crippen LogP contribution in [-0.2, 0) is 21.4 Å². The highest BCUT2D eigenvalue weighted by molar-refractivity contribution is 7.89. The number of carbonyl (C=O) groups is 1. The number of rotatable bonds is 13. The molecule has 4 rings (SSSR count). The van der Waals surface area contributed by atoms with Gasteiger partial charge in [-0.15, -0.1) is 6.42 Å². The summed E-state index contributed by atoms with van der Waals surface area (Å²) in [6.07, 6.45) is 7.33. The highest BCUT2D eigenvalue weighted by Crippen LogP contribution is 2.27. The second-order valence-corrected chi connectivity index (χ2v) is 13.3. The van der Waals surface area contributed by atoms with E-state index in [1.807, 2.05) is 5.38 Å². The number of thiophene rings is 1. The smallest absolute Gasteiger partial charge is 0.411 e. The maximum absolute atomic E-state index is 13.2. The molecule has 3 aromatic rings. The predicted molar refractivity (Wildman–Crippen MR) is 166 cm³/mol. The number of piperidine rings is 1. The molecule has 12 heteroatoms. The Morgan fingerprint density at radius 2 is 1.86 bits per heavy atom. The van der Waals surface area contributed by atoms with E-state index in [-0.39, 0.29) is 35.7 Å². The second kappa shape index (κ2) is 15.1. The fourth-order valence-electron chi connectivity index (χ4n) is 5.23. The Kier molecular flexibility index (Phi) is 11.3. The Balaban J connectivity index is 1.30. The van der Waals surface area contributed by atoms with E-state index in [2.05, 4.69) is 22.3 Å². The van der Waals surface area contributed by atoms with E-state index in [0.717, 1.165) is 44.5 Å². The van der Waals surface area contributed by atoms with Crippen LogP contribution in [-0.4, -0.2) is 79.4 Å². The van der Waals surface area contributed by atoms with Gasteiger partial charge in [0.2, 0.25) is 10.0 Å². The van der Waals surface area contributed by atoms with Gasteiger partial charge in [-0.2, -0.15) is 11.3 Å². The van der Waals surface area contributed by atoms with Crippen molar-refractivity contribution < 1.29 is 22.9 Å². The predicted octanol–water partition coefficient (Wildman–Crippen LogP) is 5.19. The van der Waals surface area contributed by atoms with Crippen LogP contribution in [0.5, 0.6) is 0 Å². The number of nitro benzene ring substituents is 1. The van der Waals surface area contributed by atoms with Gasteiger partial charge in [0.05, 0.1) is 16.4 Å². The van der Waals surface area contributed by atoms with Crippen molar-refractivity contribution in [2.24, 2.45) is 0 Å². The third-order valence-corrected chi connectivity index (χ3v) is 10.3. The number of carbonyl (C=O) groups excluding carboxylic acids is 1. The lowest BCUT2D eigenvalue weighted by Crippen LogP contribution is -2.48.